The summed E-state index contributed by atoms with van der Waals surface area (Å²) in [6.07, 6.45) is 3.22. The number of nitrogens with zero attached hydrogens (tertiary/aromatic N) is 1. The third kappa shape index (κ3) is 3.00. The van der Waals surface area contributed by atoms with Gasteiger partial charge in [-0.1, -0.05) is 0 Å². The smallest absolute Gasteiger partial charge is 0.241 e. The number of aromatic amines is 1. The Labute approximate surface area is 118 Å². The standard InChI is InChI=1S/C13H17N3O3S/c1-9-6-11(19-3)7-10(2)13(9)20(17,18)16-8-12-14-4-5-15-12/h4-7,16H,8H2,1-3H3,(H,14,15). The van der Waals surface area contributed by atoms with Crippen LogP contribution in [0.15, 0.2) is 29.4 Å². The van der Waals surface area contributed by atoms with Crippen molar-refractivity contribution >= 4 is 10.0 Å². The van der Waals surface area contributed by atoms with Crippen molar-refractivity contribution in [2.45, 2.75) is 25.3 Å². The van der Waals surface area contributed by atoms with Crippen LogP contribution >= 0.6 is 0 Å². The minimum Gasteiger partial charge on any atom is -0.497 e. The van der Waals surface area contributed by atoms with Crippen LogP contribution in [0.2, 0.25) is 0 Å². The summed E-state index contributed by atoms with van der Waals surface area (Å²) >= 11 is 0. The van der Waals surface area contributed by atoms with Gasteiger partial charge in [-0.15, -0.1) is 0 Å². The summed E-state index contributed by atoms with van der Waals surface area (Å²) in [5.74, 6) is 1.21. The van der Waals surface area contributed by atoms with E-state index in [0.717, 1.165) is 0 Å². The Morgan fingerprint density at radius 2 is 1.95 bits per heavy atom. The quantitative estimate of drug-likeness (QED) is 0.876. The number of rotatable bonds is 5. The van der Waals surface area contributed by atoms with Crippen LogP contribution in [0.5, 0.6) is 5.75 Å². The number of sulfonamides is 1. The molecule has 0 fully saturated rings. The third-order valence-corrected chi connectivity index (χ3v) is 4.63. The van der Waals surface area contributed by atoms with Crippen molar-refractivity contribution in [2.24, 2.45) is 0 Å². The van der Waals surface area contributed by atoms with Gasteiger partial charge in [0.2, 0.25) is 10.0 Å². The monoisotopic (exact) mass is 295 g/mol. The fourth-order valence-electron chi connectivity index (χ4n) is 2.08. The molecule has 20 heavy (non-hydrogen) atoms. The van der Waals surface area contributed by atoms with Crippen LogP contribution in [0.1, 0.15) is 17.0 Å². The second kappa shape index (κ2) is 5.64. The molecule has 0 aliphatic rings. The van der Waals surface area contributed by atoms with Crippen molar-refractivity contribution in [3.63, 3.8) is 0 Å². The topological polar surface area (TPSA) is 84.1 Å². The molecular formula is C13H17N3O3S. The zero-order valence-corrected chi connectivity index (χ0v) is 12.4. The number of hydrogen-bond donors (Lipinski definition) is 2. The molecule has 0 aliphatic carbocycles. The van der Waals surface area contributed by atoms with Crippen LogP contribution in [0.25, 0.3) is 0 Å². The lowest BCUT2D eigenvalue weighted by molar-refractivity contribution is 0.413. The van der Waals surface area contributed by atoms with Crippen molar-refractivity contribution in [3.8, 4) is 5.75 Å². The molecule has 0 saturated carbocycles. The van der Waals surface area contributed by atoms with Crippen LogP contribution in [-0.2, 0) is 16.6 Å². The van der Waals surface area contributed by atoms with Crippen molar-refractivity contribution in [1.82, 2.24) is 14.7 Å². The van der Waals surface area contributed by atoms with E-state index < -0.39 is 10.0 Å². The molecule has 7 heteroatoms. The Morgan fingerprint density at radius 3 is 2.45 bits per heavy atom. The van der Waals surface area contributed by atoms with Gasteiger partial charge in [-0.3, -0.25) is 0 Å². The molecule has 1 heterocycles. The van der Waals surface area contributed by atoms with Gasteiger partial charge in [0.15, 0.2) is 0 Å². The number of ether oxygens (including phenoxy) is 1. The Morgan fingerprint density at radius 1 is 1.30 bits per heavy atom. The summed E-state index contributed by atoms with van der Waals surface area (Å²) in [6.45, 7) is 3.62. The van der Waals surface area contributed by atoms with E-state index in [-0.39, 0.29) is 11.4 Å². The molecule has 2 rings (SSSR count). The van der Waals surface area contributed by atoms with Gasteiger partial charge in [-0.2, -0.15) is 0 Å². The number of methoxy groups -OCH3 is 1. The third-order valence-electron chi connectivity index (χ3n) is 2.92. The number of aromatic nitrogens is 2. The summed E-state index contributed by atoms with van der Waals surface area (Å²) in [6, 6.07) is 3.41. The summed E-state index contributed by atoms with van der Waals surface area (Å²) in [4.78, 5) is 7.12. The number of imidazole rings is 1. The lowest BCUT2D eigenvalue weighted by Gasteiger charge is -2.13. The zero-order valence-electron chi connectivity index (χ0n) is 11.6. The molecule has 0 bridgehead atoms. The van der Waals surface area contributed by atoms with E-state index >= 15 is 0 Å². The first-order valence-electron chi connectivity index (χ1n) is 6.07. The SMILES string of the molecule is COc1cc(C)c(S(=O)(=O)NCc2ncc[nH]2)c(C)c1. The summed E-state index contributed by atoms with van der Waals surface area (Å²) < 4.78 is 32.4. The molecule has 0 spiro atoms. The summed E-state index contributed by atoms with van der Waals surface area (Å²) in [5, 5.41) is 0. The lowest BCUT2D eigenvalue weighted by Crippen LogP contribution is -2.25. The second-order valence-electron chi connectivity index (χ2n) is 4.45. The molecule has 6 nitrogen and oxygen atoms in total. The predicted molar refractivity (Wildman–Crippen MR) is 75.1 cm³/mol. The summed E-state index contributed by atoms with van der Waals surface area (Å²) in [7, 11) is -2.04. The maximum atomic E-state index is 12.4. The van der Waals surface area contributed by atoms with Gasteiger partial charge in [-0.25, -0.2) is 18.1 Å². The van der Waals surface area contributed by atoms with Crippen molar-refractivity contribution in [3.05, 3.63) is 41.5 Å². The Hall–Kier alpha value is -1.86. The van der Waals surface area contributed by atoms with E-state index in [1.165, 1.54) is 0 Å². The number of aryl methyl sites for hydroxylation is 2. The van der Waals surface area contributed by atoms with Crippen molar-refractivity contribution < 1.29 is 13.2 Å². The molecule has 0 saturated heterocycles. The molecule has 1 aromatic carbocycles. The van der Waals surface area contributed by atoms with E-state index in [0.29, 0.717) is 22.7 Å². The van der Waals surface area contributed by atoms with E-state index in [9.17, 15) is 8.42 Å². The molecule has 0 radical (unpaired) electrons. The molecule has 0 unspecified atom stereocenters. The molecular weight excluding hydrogens is 278 g/mol. The Balaban J connectivity index is 2.29. The van der Waals surface area contributed by atoms with Crippen LogP contribution in [0.4, 0.5) is 0 Å². The van der Waals surface area contributed by atoms with Gasteiger partial charge < -0.3 is 9.72 Å². The fourth-order valence-corrected chi connectivity index (χ4v) is 3.52. The van der Waals surface area contributed by atoms with Crippen LogP contribution in [0.3, 0.4) is 0 Å². The molecule has 2 aromatic rings. The lowest BCUT2D eigenvalue weighted by atomic mass is 10.1. The van der Waals surface area contributed by atoms with Crippen LogP contribution in [-0.4, -0.2) is 25.5 Å². The highest BCUT2D eigenvalue weighted by Crippen LogP contribution is 2.25. The normalized spacial score (nSPS) is 11.6. The average Bonchev–Trinajstić information content (AvgIpc) is 2.88. The highest BCUT2D eigenvalue weighted by Gasteiger charge is 2.20. The Bertz CT molecular complexity index is 671. The van der Waals surface area contributed by atoms with Gasteiger partial charge in [0.05, 0.1) is 18.6 Å². The maximum absolute atomic E-state index is 12.4. The first kappa shape index (κ1) is 14.5. The first-order chi connectivity index (χ1) is 9.44. The zero-order chi connectivity index (χ0) is 14.8. The molecule has 1 aromatic heterocycles. The van der Waals surface area contributed by atoms with Crippen molar-refractivity contribution in [2.75, 3.05) is 7.11 Å². The Kier molecular flexibility index (Phi) is 4.10. The number of nitrogens with one attached hydrogen (secondary N) is 2. The van der Waals surface area contributed by atoms with Gasteiger partial charge in [0, 0.05) is 12.4 Å². The van der Waals surface area contributed by atoms with E-state index in [1.54, 1.807) is 45.5 Å². The van der Waals surface area contributed by atoms with Gasteiger partial charge >= 0.3 is 0 Å². The van der Waals surface area contributed by atoms with Gasteiger partial charge in [0.1, 0.15) is 11.6 Å². The van der Waals surface area contributed by atoms with Gasteiger partial charge in [0.25, 0.3) is 0 Å². The molecule has 0 amide bonds. The van der Waals surface area contributed by atoms with Gasteiger partial charge in [-0.05, 0) is 37.1 Å². The number of benzene rings is 1. The van der Waals surface area contributed by atoms with Crippen molar-refractivity contribution in [1.29, 1.82) is 0 Å². The van der Waals surface area contributed by atoms with Crippen LogP contribution < -0.4 is 9.46 Å². The largest absolute Gasteiger partial charge is 0.497 e. The maximum Gasteiger partial charge on any atom is 0.241 e. The first-order valence-corrected chi connectivity index (χ1v) is 7.55. The van der Waals surface area contributed by atoms with E-state index in [4.69, 9.17) is 4.74 Å². The summed E-state index contributed by atoms with van der Waals surface area (Å²) in [5.41, 5.74) is 1.29. The number of hydrogen-bond acceptors (Lipinski definition) is 4. The minimum atomic E-state index is -3.59. The van der Waals surface area contributed by atoms with Crippen LogP contribution in [0, 0.1) is 13.8 Å². The van der Waals surface area contributed by atoms with E-state index in [2.05, 4.69) is 14.7 Å². The number of H-pyrrole nitrogens is 1. The second-order valence-corrected chi connectivity index (χ2v) is 6.15. The fraction of sp³-hybridized carbons (Fsp3) is 0.308. The highest BCUT2D eigenvalue weighted by atomic mass is 32.2. The average molecular weight is 295 g/mol. The molecule has 0 aliphatic heterocycles. The minimum absolute atomic E-state index is 0.125. The predicted octanol–water partition coefficient (Wildman–Crippen LogP) is 1.51. The highest BCUT2D eigenvalue weighted by molar-refractivity contribution is 7.89. The van der Waals surface area contributed by atoms with E-state index in [1.807, 2.05) is 0 Å². The molecule has 108 valence electrons. The molecule has 0 atom stereocenters. The molecule has 2 N–H and O–H groups in total.